The Morgan fingerprint density at radius 2 is 2.00 bits per heavy atom. The number of hydrogen-bond acceptors (Lipinski definition) is 6. The molecule has 2 aromatic carbocycles. The fourth-order valence-corrected chi connectivity index (χ4v) is 3.75. The number of ether oxygens (including phenoxy) is 3. The zero-order valence-electron chi connectivity index (χ0n) is 21.1. The maximum Gasteiger partial charge on any atom is 0.269 e. The molecule has 2 amide bonds. The Labute approximate surface area is 210 Å². The number of aryl methyl sites for hydroxylation is 1. The van der Waals surface area contributed by atoms with Crippen LogP contribution in [0.15, 0.2) is 54.9 Å². The van der Waals surface area contributed by atoms with Crippen molar-refractivity contribution in [2.45, 2.75) is 39.3 Å². The molecule has 1 aliphatic heterocycles. The molecule has 0 aliphatic carbocycles. The average Bonchev–Trinajstić information content (AvgIpc) is 3.30. The van der Waals surface area contributed by atoms with Gasteiger partial charge in [0.05, 0.1) is 18.4 Å². The minimum absolute atomic E-state index is 0.0467. The van der Waals surface area contributed by atoms with Gasteiger partial charge in [-0.2, -0.15) is 5.10 Å². The molecule has 190 valence electrons. The fraction of sp³-hybridized carbons (Fsp3) is 0.370. The summed E-state index contributed by atoms with van der Waals surface area (Å²) in [5.41, 5.74) is 2.63. The summed E-state index contributed by atoms with van der Waals surface area (Å²) in [4.78, 5) is 27.0. The van der Waals surface area contributed by atoms with Crippen LogP contribution in [0.2, 0.25) is 0 Å². The highest BCUT2D eigenvalue weighted by molar-refractivity contribution is 5.94. The van der Waals surface area contributed by atoms with Crippen LogP contribution in [0, 0.1) is 6.92 Å². The van der Waals surface area contributed by atoms with Crippen molar-refractivity contribution >= 4 is 17.5 Å². The first-order chi connectivity index (χ1) is 17.3. The molecule has 36 heavy (non-hydrogen) atoms. The highest BCUT2D eigenvalue weighted by atomic mass is 16.6. The van der Waals surface area contributed by atoms with E-state index in [1.165, 1.54) is 10.9 Å². The molecule has 2 heterocycles. The molecule has 1 aromatic heterocycles. The molecular weight excluding hydrogens is 460 g/mol. The van der Waals surface area contributed by atoms with Gasteiger partial charge in [-0.05, 0) is 31.0 Å². The molecule has 0 saturated carbocycles. The van der Waals surface area contributed by atoms with Crippen LogP contribution in [0.3, 0.4) is 0 Å². The number of nitrogens with zero attached hydrogens (tertiary/aromatic N) is 3. The molecule has 0 spiro atoms. The molecule has 0 fully saturated rings. The number of likely N-dealkylation sites (N-methyl/N-ethyl adjacent to an activating group) is 1. The Balaban J connectivity index is 1.26. The lowest BCUT2D eigenvalue weighted by molar-refractivity contribution is -0.131. The van der Waals surface area contributed by atoms with Crippen molar-refractivity contribution in [1.82, 2.24) is 14.7 Å². The second-order valence-corrected chi connectivity index (χ2v) is 9.14. The molecule has 1 aliphatic rings. The molecule has 0 radical (unpaired) electrons. The first-order valence-corrected chi connectivity index (χ1v) is 12.0. The topological polar surface area (TPSA) is 94.9 Å². The molecule has 1 N–H and O–H groups in total. The number of fused-ring (bicyclic) bond motifs is 1. The van der Waals surface area contributed by atoms with Gasteiger partial charge >= 0.3 is 0 Å². The van der Waals surface area contributed by atoms with Crippen molar-refractivity contribution in [3.8, 4) is 17.2 Å². The van der Waals surface area contributed by atoms with E-state index in [9.17, 15) is 9.59 Å². The molecule has 4 rings (SSSR count). The predicted octanol–water partition coefficient (Wildman–Crippen LogP) is 3.63. The molecule has 0 bridgehead atoms. The molecule has 9 nitrogen and oxygen atoms in total. The van der Waals surface area contributed by atoms with Crippen LogP contribution < -0.4 is 19.5 Å². The molecule has 1 unspecified atom stereocenters. The van der Waals surface area contributed by atoms with E-state index in [0.717, 1.165) is 16.9 Å². The largest absolute Gasteiger partial charge is 0.492 e. The van der Waals surface area contributed by atoms with E-state index in [1.54, 1.807) is 18.1 Å². The second kappa shape index (κ2) is 11.2. The smallest absolute Gasteiger partial charge is 0.269 e. The third-order valence-corrected chi connectivity index (χ3v) is 5.91. The number of rotatable bonds is 9. The molecule has 0 saturated heterocycles. The van der Waals surface area contributed by atoms with Gasteiger partial charge in [0.15, 0.2) is 11.5 Å². The fourth-order valence-electron chi connectivity index (χ4n) is 3.75. The third-order valence-electron chi connectivity index (χ3n) is 5.91. The quantitative estimate of drug-likeness (QED) is 0.490. The number of hydrogen-bond donors (Lipinski definition) is 1. The van der Waals surface area contributed by atoms with Gasteiger partial charge in [-0.1, -0.05) is 43.7 Å². The average molecular weight is 493 g/mol. The SMILES string of the molecule is Cc1ccc(OCCN(C)C(=O)Cn2cc(NC(=O)C3COc4cccc(C(C)C)c4O3)cn2)cc1. The second-order valence-electron chi connectivity index (χ2n) is 9.14. The van der Waals surface area contributed by atoms with E-state index in [1.807, 2.05) is 49.4 Å². The standard InChI is InChI=1S/C27H32N4O5/c1-18(2)22-6-5-7-23-26(22)36-24(17-35-23)27(33)29-20-14-28-31(15-20)16-25(32)30(4)12-13-34-21-10-8-19(3)9-11-21/h5-11,14-15,18,24H,12-13,16-17H2,1-4H3,(H,29,33). The molecule has 1 atom stereocenters. The lowest BCUT2D eigenvalue weighted by Crippen LogP contribution is -2.40. The van der Waals surface area contributed by atoms with Crippen molar-refractivity contribution < 1.29 is 23.8 Å². The maximum absolute atomic E-state index is 12.8. The van der Waals surface area contributed by atoms with Crippen LogP contribution in [-0.4, -0.2) is 59.4 Å². The van der Waals surface area contributed by atoms with Crippen LogP contribution in [0.1, 0.15) is 30.9 Å². The number of amides is 2. The van der Waals surface area contributed by atoms with Crippen molar-refractivity contribution in [2.75, 3.05) is 32.1 Å². The predicted molar refractivity (Wildman–Crippen MR) is 136 cm³/mol. The van der Waals surface area contributed by atoms with E-state index in [2.05, 4.69) is 24.3 Å². The van der Waals surface area contributed by atoms with Gasteiger partial charge < -0.3 is 24.4 Å². The molecule has 3 aromatic rings. The van der Waals surface area contributed by atoms with Gasteiger partial charge in [0.2, 0.25) is 12.0 Å². The summed E-state index contributed by atoms with van der Waals surface area (Å²) in [6, 6.07) is 13.5. The van der Waals surface area contributed by atoms with Crippen LogP contribution >= 0.6 is 0 Å². The van der Waals surface area contributed by atoms with Gasteiger partial charge in [0, 0.05) is 18.8 Å². The Kier molecular flexibility index (Phi) is 7.77. The van der Waals surface area contributed by atoms with E-state index < -0.39 is 6.10 Å². The highest BCUT2D eigenvalue weighted by Crippen LogP contribution is 2.38. The Bertz CT molecular complexity index is 1210. The summed E-state index contributed by atoms with van der Waals surface area (Å²) in [5, 5.41) is 7.00. The Morgan fingerprint density at radius 3 is 2.75 bits per heavy atom. The highest BCUT2D eigenvalue weighted by Gasteiger charge is 2.30. The minimum atomic E-state index is -0.790. The summed E-state index contributed by atoms with van der Waals surface area (Å²) in [5.74, 6) is 1.79. The van der Waals surface area contributed by atoms with Gasteiger partial charge in [0.1, 0.15) is 25.5 Å². The number of anilines is 1. The summed E-state index contributed by atoms with van der Waals surface area (Å²) in [7, 11) is 1.72. The van der Waals surface area contributed by atoms with E-state index in [-0.39, 0.29) is 30.9 Å². The van der Waals surface area contributed by atoms with Gasteiger partial charge in [-0.25, -0.2) is 0 Å². The number of carbonyl (C=O) groups excluding carboxylic acids is 2. The first-order valence-electron chi connectivity index (χ1n) is 12.0. The van der Waals surface area contributed by atoms with E-state index in [4.69, 9.17) is 14.2 Å². The zero-order chi connectivity index (χ0) is 25.7. The van der Waals surface area contributed by atoms with E-state index >= 15 is 0 Å². The number of carbonyl (C=O) groups is 2. The number of aromatic nitrogens is 2. The van der Waals surface area contributed by atoms with Crippen molar-refractivity contribution in [3.63, 3.8) is 0 Å². The van der Waals surface area contributed by atoms with E-state index in [0.29, 0.717) is 30.3 Å². The number of benzene rings is 2. The van der Waals surface area contributed by atoms with Gasteiger partial charge in [-0.3, -0.25) is 14.3 Å². The lowest BCUT2D eigenvalue weighted by atomic mass is 10.0. The molecule has 9 heteroatoms. The summed E-state index contributed by atoms with van der Waals surface area (Å²) in [6.45, 7) is 7.13. The van der Waals surface area contributed by atoms with Crippen LogP contribution in [0.5, 0.6) is 17.2 Å². The summed E-state index contributed by atoms with van der Waals surface area (Å²) < 4.78 is 18.9. The first kappa shape index (κ1) is 25.1. The number of nitrogens with one attached hydrogen (secondary N) is 1. The monoisotopic (exact) mass is 492 g/mol. The van der Waals surface area contributed by atoms with Crippen molar-refractivity contribution in [2.24, 2.45) is 0 Å². The third kappa shape index (κ3) is 6.16. The van der Waals surface area contributed by atoms with Crippen molar-refractivity contribution in [3.05, 3.63) is 66.0 Å². The van der Waals surface area contributed by atoms with Crippen LogP contribution in [0.4, 0.5) is 5.69 Å². The minimum Gasteiger partial charge on any atom is -0.492 e. The normalized spacial score (nSPS) is 14.4. The number of para-hydroxylation sites is 1. The summed E-state index contributed by atoms with van der Waals surface area (Å²) in [6.07, 6.45) is 2.33. The van der Waals surface area contributed by atoms with Crippen LogP contribution in [-0.2, 0) is 16.1 Å². The lowest BCUT2D eigenvalue weighted by Gasteiger charge is -2.28. The zero-order valence-corrected chi connectivity index (χ0v) is 21.1. The maximum atomic E-state index is 12.8. The van der Waals surface area contributed by atoms with Crippen molar-refractivity contribution in [1.29, 1.82) is 0 Å². The van der Waals surface area contributed by atoms with Gasteiger partial charge in [0.25, 0.3) is 5.91 Å². The Hall–Kier alpha value is -4.01. The van der Waals surface area contributed by atoms with Crippen LogP contribution in [0.25, 0.3) is 0 Å². The summed E-state index contributed by atoms with van der Waals surface area (Å²) >= 11 is 0. The van der Waals surface area contributed by atoms with Gasteiger partial charge in [-0.15, -0.1) is 0 Å². The molecular formula is C27H32N4O5. The Morgan fingerprint density at radius 1 is 1.22 bits per heavy atom.